The van der Waals surface area contributed by atoms with Gasteiger partial charge >= 0.3 is 0 Å². The van der Waals surface area contributed by atoms with Crippen LogP contribution in [0.15, 0.2) is 243 Å². The van der Waals surface area contributed by atoms with Gasteiger partial charge in [0.15, 0.2) is 0 Å². The molecule has 0 spiro atoms. The second kappa shape index (κ2) is 15.9. The largest absolute Gasteiger partial charge is 0.310 e. The maximum absolute atomic E-state index is 2.48. The molecule has 0 bridgehead atoms. The van der Waals surface area contributed by atoms with Crippen LogP contribution in [0, 0.1) is 0 Å². The Morgan fingerprint density at radius 1 is 0.344 bits per heavy atom. The average Bonchev–Trinajstić information content (AvgIpc) is 3.66. The van der Waals surface area contributed by atoms with Crippen LogP contribution in [0.4, 0.5) is 17.1 Å². The molecule has 0 saturated heterocycles. The molecule has 11 rings (SSSR count). The van der Waals surface area contributed by atoms with E-state index in [1.54, 1.807) is 0 Å². The predicted molar refractivity (Wildman–Crippen MR) is 271 cm³/mol. The summed E-state index contributed by atoms with van der Waals surface area (Å²) in [6.45, 7) is 6.89. The lowest BCUT2D eigenvalue weighted by atomic mass is 9.67. The zero-order valence-electron chi connectivity index (χ0n) is 36.5. The molecule has 0 unspecified atom stereocenters. The minimum absolute atomic E-state index is 0.0379. The van der Waals surface area contributed by atoms with E-state index in [0.717, 1.165) is 17.1 Å². The van der Waals surface area contributed by atoms with Crippen LogP contribution in [-0.2, 0) is 10.8 Å². The molecule has 0 aliphatic heterocycles. The Kier molecular flexibility index (Phi) is 9.70. The predicted octanol–water partition coefficient (Wildman–Crippen LogP) is 17.0. The topological polar surface area (TPSA) is 3.24 Å². The fourth-order valence-corrected chi connectivity index (χ4v) is 10.2. The molecule has 1 aliphatic carbocycles. The summed E-state index contributed by atoms with van der Waals surface area (Å²) >= 11 is 0. The molecule has 64 heavy (non-hydrogen) atoms. The van der Waals surface area contributed by atoms with Gasteiger partial charge in [-0.2, -0.15) is 0 Å². The van der Waals surface area contributed by atoms with Gasteiger partial charge in [0.2, 0.25) is 0 Å². The fourth-order valence-electron chi connectivity index (χ4n) is 10.2. The first-order valence-electron chi connectivity index (χ1n) is 22.4. The molecule has 10 aromatic rings. The first-order valence-corrected chi connectivity index (χ1v) is 22.4. The highest BCUT2D eigenvalue weighted by Crippen LogP contribution is 2.59. The van der Waals surface area contributed by atoms with Crippen molar-refractivity contribution in [3.05, 3.63) is 270 Å². The molecule has 0 amide bonds. The first kappa shape index (κ1) is 39.1. The Balaban J connectivity index is 1.18. The summed E-state index contributed by atoms with van der Waals surface area (Å²) in [5.74, 6) is 0. The van der Waals surface area contributed by atoms with Gasteiger partial charge in [-0.05, 0) is 125 Å². The SMILES string of the molecule is CC(C)(C)c1cccc(N(c2ccc(-c3ccc4ccccc4c3)cc2)c2ccc(-c3ccccc3)cc2-c2cccc3c2-c2ccccc2C3(c2ccccc2)c2ccccc2)c1. The summed E-state index contributed by atoms with van der Waals surface area (Å²) in [5.41, 5.74) is 18.9. The number of benzene rings is 10. The zero-order chi connectivity index (χ0) is 43.3. The summed E-state index contributed by atoms with van der Waals surface area (Å²) in [7, 11) is 0. The summed E-state index contributed by atoms with van der Waals surface area (Å²) in [5, 5.41) is 2.49. The van der Waals surface area contributed by atoms with Crippen molar-refractivity contribution in [2.24, 2.45) is 0 Å². The van der Waals surface area contributed by atoms with Crippen LogP contribution >= 0.6 is 0 Å². The van der Waals surface area contributed by atoms with Crippen LogP contribution in [0.3, 0.4) is 0 Å². The number of nitrogens with zero attached hydrogens (tertiary/aromatic N) is 1. The molecule has 0 radical (unpaired) electrons. The lowest BCUT2D eigenvalue weighted by Crippen LogP contribution is -2.28. The van der Waals surface area contributed by atoms with Crippen LogP contribution in [0.2, 0.25) is 0 Å². The molecule has 1 heteroatoms. The van der Waals surface area contributed by atoms with Crippen molar-refractivity contribution in [2.45, 2.75) is 31.6 Å². The van der Waals surface area contributed by atoms with Gasteiger partial charge in [0, 0.05) is 16.9 Å². The van der Waals surface area contributed by atoms with Gasteiger partial charge in [0.1, 0.15) is 0 Å². The summed E-state index contributed by atoms with van der Waals surface area (Å²) in [6, 6.07) is 89.8. The number of hydrogen-bond donors (Lipinski definition) is 0. The van der Waals surface area contributed by atoms with E-state index in [-0.39, 0.29) is 5.41 Å². The summed E-state index contributed by atoms with van der Waals surface area (Å²) in [6.07, 6.45) is 0. The normalized spacial score (nSPS) is 12.7. The Bertz CT molecular complexity index is 3250. The van der Waals surface area contributed by atoms with Gasteiger partial charge in [-0.1, -0.05) is 221 Å². The monoisotopic (exact) mass is 819 g/mol. The van der Waals surface area contributed by atoms with E-state index in [1.165, 1.54) is 83.1 Å². The molecule has 0 heterocycles. The molecule has 0 aromatic heterocycles. The van der Waals surface area contributed by atoms with Gasteiger partial charge in [0.05, 0.1) is 11.1 Å². The van der Waals surface area contributed by atoms with E-state index in [2.05, 4.69) is 268 Å². The quantitative estimate of drug-likeness (QED) is 0.148. The first-order chi connectivity index (χ1) is 31.4. The van der Waals surface area contributed by atoms with Crippen molar-refractivity contribution in [1.82, 2.24) is 0 Å². The van der Waals surface area contributed by atoms with E-state index < -0.39 is 5.41 Å². The fraction of sp³-hybridized carbons (Fsp3) is 0.0794. The third kappa shape index (κ3) is 6.64. The summed E-state index contributed by atoms with van der Waals surface area (Å²) in [4.78, 5) is 2.48. The van der Waals surface area contributed by atoms with Crippen LogP contribution < -0.4 is 4.90 Å². The summed E-state index contributed by atoms with van der Waals surface area (Å²) < 4.78 is 0. The Labute approximate surface area is 377 Å². The highest BCUT2D eigenvalue weighted by molar-refractivity contribution is 6.01. The van der Waals surface area contributed by atoms with Gasteiger partial charge < -0.3 is 4.90 Å². The maximum atomic E-state index is 2.48. The van der Waals surface area contributed by atoms with E-state index >= 15 is 0 Å². The standard InChI is InChI=1S/C63H49N/c1-62(2,3)52-27-17-28-54(43-52)64(53-38-35-46(36-39-53)48-34-33-45-21-13-14-22-47(45)41-48)60-40-37-49(44-19-7-4-8-20-44)42-57(60)55-30-18-32-59-61(55)56-29-15-16-31-58(56)63(59,50-23-9-5-10-24-50)51-25-11-6-12-26-51/h4-43H,1-3H3. The number of hydrogen-bond acceptors (Lipinski definition) is 1. The number of anilines is 3. The molecule has 0 atom stereocenters. The highest BCUT2D eigenvalue weighted by Gasteiger charge is 2.47. The van der Waals surface area contributed by atoms with Crippen LogP contribution in [0.25, 0.3) is 55.3 Å². The molecule has 10 aromatic carbocycles. The zero-order valence-corrected chi connectivity index (χ0v) is 36.5. The molecule has 0 N–H and O–H groups in total. The Morgan fingerprint density at radius 2 is 0.891 bits per heavy atom. The third-order valence-corrected chi connectivity index (χ3v) is 13.3. The van der Waals surface area contributed by atoms with Crippen LogP contribution in [0.5, 0.6) is 0 Å². The molecule has 0 fully saturated rings. The van der Waals surface area contributed by atoms with Gasteiger partial charge in [-0.15, -0.1) is 0 Å². The lowest BCUT2D eigenvalue weighted by molar-refractivity contribution is 0.590. The lowest BCUT2D eigenvalue weighted by Gasteiger charge is -2.34. The van der Waals surface area contributed by atoms with Crippen molar-refractivity contribution in [1.29, 1.82) is 0 Å². The van der Waals surface area contributed by atoms with Gasteiger partial charge in [-0.25, -0.2) is 0 Å². The highest BCUT2D eigenvalue weighted by atomic mass is 15.1. The minimum Gasteiger partial charge on any atom is -0.310 e. The number of rotatable bonds is 8. The maximum Gasteiger partial charge on any atom is 0.0713 e. The van der Waals surface area contributed by atoms with E-state index in [9.17, 15) is 0 Å². The molecule has 1 aliphatic rings. The van der Waals surface area contributed by atoms with E-state index in [4.69, 9.17) is 0 Å². The van der Waals surface area contributed by atoms with E-state index in [0.29, 0.717) is 0 Å². The van der Waals surface area contributed by atoms with Gasteiger partial charge in [0.25, 0.3) is 0 Å². The molecular weight excluding hydrogens is 771 g/mol. The van der Waals surface area contributed by atoms with Crippen molar-refractivity contribution < 1.29 is 0 Å². The van der Waals surface area contributed by atoms with Crippen molar-refractivity contribution in [2.75, 3.05) is 4.90 Å². The van der Waals surface area contributed by atoms with E-state index in [1.807, 2.05) is 0 Å². The molecule has 306 valence electrons. The van der Waals surface area contributed by atoms with Gasteiger partial charge in [-0.3, -0.25) is 0 Å². The Morgan fingerprint density at radius 3 is 1.61 bits per heavy atom. The second-order valence-corrected chi connectivity index (χ2v) is 18.1. The average molecular weight is 820 g/mol. The van der Waals surface area contributed by atoms with Crippen molar-refractivity contribution >= 4 is 27.8 Å². The van der Waals surface area contributed by atoms with Crippen molar-refractivity contribution in [3.63, 3.8) is 0 Å². The van der Waals surface area contributed by atoms with Crippen molar-refractivity contribution in [3.8, 4) is 44.5 Å². The molecular formula is C63H49N. The Hall–Kier alpha value is -7.74. The molecule has 0 saturated carbocycles. The minimum atomic E-state index is -0.513. The van der Waals surface area contributed by atoms with Crippen LogP contribution in [-0.4, -0.2) is 0 Å². The number of fused-ring (bicyclic) bond motifs is 4. The molecule has 1 nitrogen and oxygen atoms in total. The second-order valence-electron chi connectivity index (χ2n) is 18.1. The van der Waals surface area contributed by atoms with Crippen LogP contribution in [0.1, 0.15) is 48.6 Å². The third-order valence-electron chi connectivity index (χ3n) is 13.3. The smallest absolute Gasteiger partial charge is 0.0713 e.